The molecule has 0 saturated carbocycles. The van der Waals surface area contributed by atoms with Gasteiger partial charge in [0.05, 0.1) is 0 Å². The molecule has 2 heterocycles. The fourth-order valence-electron chi connectivity index (χ4n) is 4.00. The summed E-state index contributed by atoms with van der Waals surface area (Å²) in [7, 11) is 1.76. The van der Waals surface area contributed by atoms with Crippen LogP contribution in [0.1, 0.15) is 37.3 Å². The number of guanidine groups is 1. The molecule has 2 aromatic carbocycles. The van der Waals surface area contributed by atoms with Gasteiger partial charge in [-0.25, -0.2) is 0 Å². The molecule has 1 atom stereocenters. The van der Waals surface area contributed by atoms with Crippen LogP contribution in [0.3, 0.4) is 0 Å². The maximum absolute atomic E-state index is 12.1. The van der Waals surface area contributed by atoms with Gasteiger partial charge < -0.3 is 25.4 Å². The molecule has 0 aromatic heterocycles. The van der Waals surface area contributed by atoms with Crippen molar-refractivity contribution in [1.29, 1.82) is 0 Å². The molecule has 0 fully saturated rings. The van der Waals surface area contributed by atoms with Gasteiger partial charge in [0.1, 0.15) is 13.2 Å². The average molecular weight is 550 g/mol. The molecule has 0 radical (unpaired) electrons. The highest BCUT2D eigenvalue weighted by Crippen LogP contribution is 2.35. The summed E-state index contributed by atoms with van der Waals surface area (Å²) in [4.78, 5) is 16.4. The van der Waals surface area contributed by atoms with Crippen molar-refractivity contribution in [2.45, 2.75) is 31.6 Å². The van der Waals surface area contributed by atoms with E-state index in [1.165, 1.54) is 0 Å². The number of carbonyl (C=O) groups excluding carboxylic acids is 1. The zero-order valence-electron chi connectivity index (χ0n) is 18.7. The van der Waals surface area contributed by atoms with Crippen molar-refractivity contribution in [3.63, 3.8) is 0 Å². The second-order valence-corrected chi connectivity index (χ2v) is 8.59. The summed E-state index contributed by atoms with van der Waals surface area (Å²) in [5.41, 5.74) is 3.07. The monoisotopic (exact) mass is 550 g/mol. The number of para-hydroxylation sites is 1. The van der Waals surface area contributed by atoms with E-state index in [4.69, 9.17) is 9.47 Å². The highest BCUT2D eigenvalue weighted by atomic mass is 127. The number of benzene rings is 2. The lowest BCUT2D eigenvalue weighted by Gasteiger charge is -2.29. The molecule has 172 valence electrons. The van der Waals surface area contributed by atoms with Gasteiger partial charge in [0.25, 0.3) is 0 Å². The Bertz CT molecular complexity index is 993. The van der Waals surface area contributed by atoms with E-state index in [9.17, 15) is 4.79 Å². The standard InChI is InChI=1S/C24H30N4O3.HI/c1-24(2,17-8-9-20-21(13-17)31-11-10-30-20)15-27-23(25-3)26-14-16-12-22(29)28-19-7-5-4-6-18(16)19;/h4-9,13,16H,10-12,14-15H2,1-3H3,(H,28,29)(H2,25,26,27);1H. The van der Waals surface area contributed by atoms with Crippen LogP contribution < -0.4 is 25.4 Å². The summed E-state index contributed by atoms with van der Waals surface area (Å²) in [6, 6.07) is 14.1. The van der Waals surface area contributed by atoms with Gasteiger partial charge in [0, 0.05) is 43.6 Å². The zero-order chi connectivity index (χ0) is 21.8. The van der Waals surface area contributed by atoms with Crippen molar-refractivity contribution in [2.24, 2.45) is 4.99 Å². The highest BCUT2D eigenvalue weighted by Gasteiger charge is 2.26. The first-order valence-corrected chi connectivity index (χ1v) is 10.7. The van der Waals surface area contributed by atoms with Crippen LogP contribution in [0.25, 0.3) is 0 Å². The van der Waals surface area contributed by atoms with Crippen LogP contribution in [-0.4, -0.2) is 45.2 Å². The highest BCUT2D eigenvalue weighted by molar-refractivity contribution is 14.0. The molecule has 2 aromatic rings. The lowest BCUT2D eigenvalue weighted by molar-refractivity contribution is -0.116. The molecule has 32 heavy (non-hydrogen) atoms. The first-order chi connectivity index (χ1) is 15.0. The summed E-state index contributed by atoms with van der Waals surface area (Å²) >= 11 is 0. The van der Waals surface area contributed by atoms with Gasteiger partial charge in [0.15, 0.2) is 17.5 Å². The number of hydrogen-bond donors (Lipinski definition) is 3. The Morgan fingerprint density at radius 3 is 2.66 bits per heavy atom. The Kier molecular flexibility index (Phi) is 7.86. The lowest BCUT2D eigenvalue weighted by atomic mass is 9.84. The van der Waals surface area contributed by atoms with Gasteiger partial charge in [-0.2, -0.15) is 0 Å². The molecule has 1 amide bonds. The van der Waals surface area contributed by atoms with E-state index in [-0.39, 0.29) is 41.2 Å². The molecule has 2 aliphatic heterocycles. The fraction of sp³-hybridized carbons (Fsp3) is 0.417. The number of halogens is 1. The number of rotatable bonds is 5. The van der Waals surface area contributed by atoms with Crippen molar-refractivity contribution in [3.8, 4) is 11.5 Å². The van der Waals surface area contributed by atoms with Gasteiger partial charge in [-0.15, -0.1) is 24.0 Å². The van der Waals surface area contributed by atoms with Crippen molar-refractivity contribution >= 4 is 41.5 Å². The number of nitrogens with zero attached hydrogens (tertiary/aromatic N) is 1. The van der Waals surface area contributed by atoms with Crippen LogP contribution in [0.5, 0.6) is 11.5 Å². The second kappa shape index (κ2) is 10.4. The smallest absolute Gasteiger partial charge is 0.225 e. The third-order valence-corrected chi connectivity index (χ3v) is 5.87. The minimum absolute atomic E-state index is 0. The zero-order valence-corrected chi connectivity index (χ0v) is 21.1. The number of aliphatic imine (C=N–C) groups is 1. The van der Waals surface area contributed by atoms with E-state index < -0.39 is 0 Å². The maximum atomic E-state index is 12.1. The largest absolute Gasteiger partial charge is 0.486 e. The predicted molar refractivity (Wildman–Crippen MR) is 138 cm³/mol. The topological polar surface area (TPSA) is 84.0 Å². The summed E-state index contributed by atoms with van der Waals surface area (Å²) in [5.74, 6) is 2.47. The van der Waals surface area contributed by atoms with Gasteiger partial charge in [-0.1, -0.05) is 38.1 Å². The van der Waals surface area contributed by atoms with Crippen LogP contribution in [-0.2, 0) is 10.2 Å². The van der Waals surface area contributed by atoms with E-state index in [1.807, 2.05) is 24.3 Å². The summed E-state index contributed by atoms with van der Waals surface area (Å²) in [5, 5.41) is 9.76. The Labute approximate surface area is 206 Å². The molecule has 0 aliphatic carbocycles. The first-order valence-electron chi connectivity index (χ1n) is 10.7. The Morgan fingerprint density at radius 2 is 1.88 bits per heavy atom. The maximum Gasteiger partial charge on any atom is 0.225 e. The second-order valence-electron chi connectivity index (χ2n) is 8.59. The van der Waals surface area contributed by atoms with Gasteiger partial charge in [-0.3, -0.25) is 9.79 Å². The summed E-state index contributed by atoms with van der Waals surface area (Å²) in [6.45, 7) is 6.85. The van der Waals surface area contributed by atoms with Gasteiger partial charge in [-0.05, 0) is 29.3 Å². The van der Waals surface area contributed by atoms with Crippen LogP contribution in [0, 0.1) is 0 Å². The van der Waals surface area contributed by atoms with E-state index in [0.717, 1.165) is 28.3 Å². The molecule has 3 N–H and O–H groups in total. The van der Waals surface area contributed by atoms with E-state index in [1.54, 1.807) is 7.05 Å². The third kappa shape index (κ3) is 5.46. The van der Waals surface area contributed by atoms with E-state index >= 15 is 0 Å². The van der Waals surface area contributed by atoms with Crippen molar-refractivity contribution in [1.82, 2.24) is 10.6 Å². The molecule has 0 saturated heterocycles. The van der Waals surface area contributed by atoms with E-state index in [0.29, 0.717) is 38.7 Å². The SMILES string of the molecule is CN=C(NCC1CC(=O)Nc2ccccc21)NCC(C)(C)c1ccc2c(c1)OCCO2.I. The lowest BCUT2D eigenvalue weighted by Crippen LogP contribution is -2.45. The molecule has 0 spiro atoms. The molecule has 8 heteroatoms. The van der Waals surface area contributed by atoms with Crippen LogP contribution >= 0.6 is 24.0 Å². The van der Waals surface area contributed by atoms with Crippen LogP contribution in [0.2, 0.25) is 0 Å². The van der Waals surface area contributed by atoms with Gasteiger partial charge in [0.2, 0.25) is 5.91 Å². The Balaban J connectivity index is 0.00000289. The van der Waals surface area contributed by atoms with Crippen LogP contribution in [0.4, 0.5) is 5.69 Å². The minimum Gasteiger partial charge on any atom is -0.486 e. The number of carbonyl (C=O) groups is 1. The molecular weight excluding hydrogens is 519 g/mol. The molecule has 4 rings (SSSR count). The summed E-state index contributed by atoms with van der Waals surface area (Å²) in [6.07, 6.45) is 0.462. The Morgan fingerprint density at radius 1 is 1.12 bits per heavy atom. The fourth-order valence-corrected chi connectivity index (χ4v) is 4.00. The first kappa shape index (κ1) is 24.2. The number of amides is 1. The normalized spacial score (nSPS) is 17.5. The number of hydrogen-bond acceptors (Lipinski definition) is 4. The Hall–Kier alpha value is -2.49. The molecule has 7 nitrogen and oxygen atoms in total. The predicted octanol–water partition coefficient (Wildman–Crippen LogP) is 3.64. The molecule has 1 unspecified atom stereocenters. The molecule has 2 aliphatic rings. The molecular formula is C24H31IN4O3. The van der Waals surface area contributed by atoms with Crippen LogP contribution in [0.15, 0.2) is 47.5 Å². The van der Waals surface area contributed by atoms with Crippen molar-refractivity contribution in [3.05, 3.63) is 53.6 Å². The van der Waals surface area contributed by atoms with Crippen molar-refractivity contribution < 1.29 is 14.3 Å². The minimum atomic E-state index is -0.148. The number of fused-ring (bicyclic) bond motifs is 2. The van der Waals surface area contributed by atoms with E-state index in [2.05, 4.69) is 53.0 Å². The van der Waals surface area contributed by atoms with Crippen molar-refractivity contribution in [2.75, 3.05) is 38.7 Å². The number of nitrogens with one attached hydrogen (secondary N) is 3. The molecule has 0 bridgehead atoms. The van der Waals surface area contributed by atoms with Gasteiger partial charge >= 0.3 is 0 Å². The average Bonchev–Trinajstić information content (AvgIpc) is 2.78. The third-order valence-electron chi connectivity index (χ3n) is 5.87. The number of anilines is 1. The quantitative estimate of drug-likeness (QED) is 0.301. The number of ether oxygens (including phenoxy) is 2. The summed E-state index contributed by atoms with van der Waals surface area (Å²) < 4.78 is 11.4.